The molecule has 0 aliphatic carbocycles. The van der Waals surface area contributed by atoms with Crippen LogP contribution in [0.1, 0.15) is 19.3 Å². The lowest BCUT2D eigenvalue weighted by molar-refractivity contribution is -0.132. The number of rotatable bonds is 5. The first kappa shape index (κ1) is 20.4. The summed E-state index contributed by atoms with van der Waals surface area (Å²) in [5, 5.41) is 0. The number of sulfonamides is 1. The Labute approximate surface area is 151 Å². The molecule has 2 rings (SSSR count). The van der Waals surface area contributed by atoms with Crippen LogP contribution in [0.25, 0.3) is 0 Å². The Kier molecular flexibility index (Phi) is 7.96. The second-order valence-electron chi connectivity index (χ2n) is 5.32. The van der Waals surface area contributed by atoms with E-state index >= 15 is 0 Å². The molecule has 9 heteroatoms. The van der Waals surface area contributed by atoms with Gasteiger partial charge in [-0.2, -0.15) is 0 Å². The number of hydrogen-bond donors (Lipinski definition) is 2. The van der Waals surface area contributed by atoms with Crippen molar-refractivity contribution in [3.8, 4) is 0 Å². The molecular formula is C14H21BrClN3O3S. The zero-order valence-electron chi connectivity index (χ0n) is 12.6. The van der Waals surface area contributed by atoms with Crippen molar-refractivity contribution in [1.82, 2.24) is 9.62 Å². The Morgan fingerprint density at radius 2 is 1.83 bits per heavy atom. The summed E-state index contributed by atoms with van der Waals surface area (Å²) in [6.07, 6.45) is 1.76. The fourth-order valence-corrected chi connectivity index (χ4v) is 3.59. The normalized spacial score (nSPS) is 16.0. The predicted molar refractivity (Wildman–Crippen MR) is 95.0 cm³/mol. The molecule has 1 aliphatic heterocycles. The van der Waals surface area contributed by atoms with E-state index in [-0.39, 0.29) is 42.2 Å². The first-order chi connectivity index (χ1) is 10.4. The highest BCUT2D eigenvalue weighted by atomic mass is 79.9. The number of benzene rings is 1. The van der Waals surface area contributed by atoms with E-state index in [9.17, 15) is 13.2 Å². The molecule has 6 nitrogen and oxygen atoms in total. The van der Waals surface area contributed by atoms with Crippen molar-refractivity contribution in [2.24, 2.45) is 5.73 Å². The van der Waals surface area contributed by atoms with Crippen LogP contribution < -0.4 is 10.5 Å². The number of nitrogens with zero attached hydrogens (tertiary/aromatic N) is 1. The monoisotopic (exact) mass is 425 g/mol. The van der Waals surface area contributed by atoms with Gasteiger partial charge in [-0.05, 0) is 37.1 Å². The summed E-state index contributed by atoms with van der Waals surface area (Å²) >= 11 is 3.26. The fourth-order valence-electron chi connectivity index (χ4n) is 2.30. The van der Waals surface area contributed by atoms with E-state index in [4.69, 9.17) is 5.73 Å². The largest absolute Gasteiger partial charge is 0.343 e. The number of amides is 1. The van der Waals surface area contributed by atoms with E-state index < -0.39 is 10.0 Å². The van der Waals surface area contributed by atoms with Gasteiger partial charge < -0.3 is 10.6 Å². The van der Waals surface area contributed by atoms with Gasteiger partial charge in [0.05, 0.1) is 4.90 Å². The van der Waals surface area contributed by atoms with Crippen molar-refractivity contribution in [2.45, 2.75) is 30.2 Å². The lowest BCUT2D eigenvalue weighted by atomic mass is 10.1. The summed E-state index contributed by atoms with van der Waals surface area (Å²) in [6.45, 7) is 1.40. The zero-order chi connectivity index (χ0) is 16.2. The number of halogens is 2. The minimum absolute atomic E-state index is 0. The number of piperidine rings is 1. The fraction of sp³-hybridized carbons (Fsp3) is 0.500. The molecule has 0 saturated carbocycles. The summed E-state index contributed by atoms with van der Waals surface area (Å²) in [4.78, 5) is 14.0. The van der Waals surface area contributed by atoms with Crippen LogP contribution in [-0.4, -0.2) is 44.9 Å². The third-order valence-corrected chi connectivity index (χ3v) is 5.65. The highest BCUT2D eigenvalue weighted by Crippen LogP contribution is 2.14. The first-order valence-corrected chi connectivity index (χ1v) is 9.45. The van der Waals surface area contributed by atoms with Crippen molar-refractivity contribution >= 4 is 44.3 Å². The van der Waals surface area contributed by atoms with Gasteiger partial charge in [0.25, 0.3) is 0 Å². The summed E-state index contributed by atoms with van der Waals surface area (Å²) in [6, 6.07) is 6.52. The molecule has 0 spiro atoms. The average molecular weight is 427 g/mol. The maximum atomic E-state index is 12.1. The molecule has 1 aromatic carbocycles. The molecule has 0 bridgehead atoms. The molecule has 1 aromatic rings. The molecule has 23 heavy (non-hydrogen) atoms. The number of carbonyl (C=O) groups excluding carboxylic acids is 1. The van der Waals surface area contributed by atoms with E-state index in [2.05, 4.69) is 20.7 Å². The molecule has 1 fully saturated rings. The molecule has 0 radical (unpaired) electrons. The van der Waals surface area contributed by atoms with Crippen LogP contribution in [0.15, 0.2) is 33.6 Å². The molecule has 0 atom stereocenters. The van der Waals surface area contributed by atoms with Gasteiger partial charge in [0, 0.05) is 36.6 Å². The second kappa shape index (κ2) is 8.98. The van der Waals surface area contributed by atoms with Crippen molar-refractivity contribution in [1.29, 1.82) is 0 Å². The first-order valence-electron chi connectivity index (χ1n) is 7.17. The Hall–Kier alpha value is -0.670. The van der Waals surface area contributed by atoms with Crippen LogP contribution in [-0.2, 0) is 14.8 Å². The number of carbonyl (C=O) groups is 1. The molecule has 0 aromatic heterocycles. The van der Waals surface area contributed by atoms with E-state index in [1.165, 1.54) is 12.1 Å². The summed E-state index contributed by atoms with van der Waals surface area (Å²) < 4.78 is 27.4. The maximum Gasteiger partial charge on any atom is 0.240 e. The SMILES string of the molecule is Cl.NC1CCN(C(=O)CCNS(=O)(=O)c2ccc(Br)cc2)CC1. The maximum absolute atomic E-state index is 12.1. The Morgan fingerprint density at radius 1 is 1.26 bits per heavy atom. The summed E-state index contributed by atoms with van der Waals surface area (Å²) in [5.74, 6) is -0.0367. The van der Waals surface area contributed by atoms with Gasteiger partial charge in [-0.15, -0.1) is 12.4 Å². The number of nitrogens with two attached hydrogens (primary N) is 1. The standard InChI is InChI=1S/C14H20BrN3O3S.ClH/c15-11-1-3-13(4-2-11)22(20,21)17-8-5-14(19)18-9-6-12(16)7-10-18;/h1-4,12,17H,5-10,16H2;1H. The topological polar surface area (TPSA) is 92.5 Å². The van der Waals surface area contributed by atoms with Crippen molar-refractivity contribution < 1.29 is 13.2 Å². The Balaban J connectivity index is 0.00000264. The quantitative estimate of drug-likeness (QED) is 0.746. The van der Waals surface area contributed by atoms with Gasteiger partial charge in [-0.3, -0.25) is 4.79 Å². The number of hydrogen-bond acceptors (Lipinski definition) is 4. The van der Waals surface area contributed by atoms with E-state index in [1.807, 2.05) is 0 Å². The predicted octanol–water partition coefficient (Wildman–Crippen LogP) is 1.49. The van der Waals surface area contributed by atoms with Crippen LogP contribution in [0, 0.1) is 0 Å². The zero-order valence-corrected chi connectivity index (χ0v) is 15.8. The van der Waals surface area contributed by atoms with Crippen molar-refractivity contribution in [3.05, 3.63) is 28.7 Å². The molecule has 1 amide bonds. The highest BCUT2D eigenvalue weighted by Gasteiger charge is 2.21. The Morgan fingerprint density at radius 3 is 2.39 bits per heavy atom. The lowest BCUT2D eigenvalue weighted by Crippen LogP contribution is -2.43. The van der Waals surface area contributed by atoms with Gasteiger partial charge in [-0.1, -0.05) is 15.9 Å². The van der Waals surface area contributed by atoms with Gasteiger partial charge in [0.15, 0.2) is 0 Å². The van der Waals surface area contributed by atoms with E-state index in [1.54, 1.807) is 17.0 Å². The van der Waals surface area contributed by atoms with Gasteiger partial charge in [-0.25, -0.2) is 13.1 Å². The van der Waals surface area contributed by atoms with Crippen LogP contribution in [0.3, 0.4) is 0 Å². The third-order valence-electron chi connectivity index (χ3n) is 3.65. The van der Waals surface area contributed by atoms with Crippen LogP contribution >= 0.6 is 28.3 Å². The minimum atomic E-state index is -3.57. The Bertz CT molecular complexity index is 617. The highest BCUT2D eigenvalue weighted by molar-refractivity contribution is 9.10. The molecule has 1 aliphatic rings. The molecule has 1 heterocycles. The molecule has 0 unspecified atom stereocenters. The van der Waals surface area contributed by atoms with Crippen molar-refractivity contribution in [3.63, 3.8) is 0 Å². The number of likely N-dealkylation sites (tertiary alicyclic amines) is 1. The van der Waals surface area contributed by atoms with Crippen molar-refractivity contribution in [2.75, 3.05) is 19.6 Å². The average Bonchev–Trinajstić information content (AvgIpc) is 2.48. The van der Waals surface area contributed by atoms with E-state index in [0.717, 1.165) is 17.3 Å². The number of nitrogens with one attached hydrogen (secondary N) is 1. The van der Waals surface area contributed by atoms with Crippen LogP contribution in [0.4, 0.5) is 0 Å². The van der Waals surface area contributed by atoms with Gasteiger partial charge in [0.2, 0.25) is 15.9 Å². The summed E-state index contributed by atoms with van der Waals surface area (Å²) in [7, 11) is -3.57. The van der Waals surface area contributed by atoms with E-state index in [0.29, 0.717) is 13.1 Å². The van der Waals surface area contributed by atoms with Crippen LogP contribution in [0.2, 0.25) is 0 Å². The molecule has 130 valence electrons. The smallest absolute Gasteiger partial charge is 0.240 e. The molecule has 3 N–H and O–H groups in total. The van der Waals surface area contributed by atoms with Crippen LogP contribution in [0.5, 0.6) is 0 Å². The molecular weight excluding hydrogens is 406 g/mol. The second-order valence-corrected chi connectivity index (χ2v) is 8.00. The van der Waals surface area contributed by atoms with Gasteiger partial charge in [0.1, 0.15) is 0 Å². The lowest BCUT2D eigenvalue weighted by Gasteiger charge is -2.30. The third kappa shape index (κ3) is 6.04. The summed E-state index contributed by atoms with van der Waals surface area (Å²) in [5.41, 5.74) is 5.80. The van der Waals surface area contributed by atoms with Gasteiger partial charge >= 0.3 is 0 Å². The molecule has 1 saturated heterocycles. The minimum Gasteiger partial charge on any atom is -0.343 e.